The lowest BCUT2D eigenvalue weighted by Crippen LogP contribution is -2.13. The Kier molecular flexibility index (Phi) is 4.01. The van der Waals surface area contributed by atoms with Gasteiger partial charge in [0.25, 0.3) is 0 Å². The minimum absolute atomic E-state index is 0.0925. The van der Waals surface area contributed by atoms with Gasteiger partial charge in [0.15, 0.2) is 5.15 Å². The van der Waals surface area contributed by atoms with E-state index >= 15 is 0 Å². The molecule has 0 aliphatic rings. The van der Waals surface area contributed by atoms with Crippen molar-refractivity contribution in [3.8, 4) is 0 Å². The van der Waals surface area contributed by atoms with Crippen LogP contribution in [0.15, 0.2) is 17.4 Å². The van der Waals surface area contributed by atoms with Crippen LogP contribution in [0.1, 0.15) is 13.8 Å². The summed E-state index contributed by atoms with van der Waals surface area (Å²) in [5.74, 6) is 0.107. The second-order valence-electron chi connectivity index (χ2n) is 3.28. The van der Waals surface area contributed by atoms with Crippen molar-refractivity contribution < 1.29 is 12.6 Å². The molecule has 84 valence electrons. The zero-order valence-electron chi connectivity index (χ0n) is 8.34. The maximum Gasteiger partial charge on any atom is 0.317 e. The molecular weight excluding hydrogens is 240 g/mol. The molecule has 0 amide bonds. The molecule has 1 aromatic heterocycles. The quantitative estimate of drug-likeness (QED) is 0.758. The average Bonchev–Trinajstić information content (AvgIpc) is 2.15. The predicted octanol–water partition coefficient (Wildman–Crippen LogP) is 1.49. The number of halogens is 1. The van der Waals surface area contributed by atoms with Gasteiger partial charge in [0.1, 0.15) is 0 Å². The molecule has 1 heterocycles. The fraction of sp³-hybridized carbons (Fsp3) is 0.500. The topological polar surface area (TPSA) is 69.2 Å². The Hall–Kier alpha value is -0.720. The number of nitrogens with zero attached hydrogens (tertiary/aromatic N) is 2. The Labute approximate surface area is 93.6 Å². The highest BCUT2D eigenvalue weighted by atomic mass is 35.5. The number of hydrogen-bond donors (Lipinski definition) is 0. The van der Waals surface area contributed by atoms with E-state index in [9.17, 15) is 8.42 Å². The highest BCUT2D eigenvalue weighted by Gasteiger charge is 2.21. The predicted molar refractivity (Wildman–Crippen MR) is 55.0 cm³/mol. The van der Waals surface area contributed by atoms with E-state index in [0.717, 1.165) is 0 Å². The van der Waals surface area contributed by atoms with Gasteiger partial charge < -0.3 is 0 Å². The van der Waals surface area contributed by atoms with Crippen LogP contribution in [0.5, 0.6) is 0 Å². The molecule has 0 saturated carbocycles. The zero-order chi connectivity index (χ0) is 11.5. The SMILES string of the molecule is CC(C)COS(=O)(=O)c1nccnc1Cl. The fourth-order valence-electron chi connectivity index (χ4n) is 0.757. The van der Waals surface area contributed by atoms with Crippen molar-refractivity contribution in [3.05, 3.63) is 17.5 Å². The van der Waals surface area contributed by atoms with Crippen molar-refractivity contribution >= 4 is 21.7 Å². The van der Waals surface area contributed by atoms with E-state index in [1.54, 1.807) is 0 Å². The lowest BCUT2D eigenvalue weighted by atomic mass is 10.2. The molecule has 0 aliphatic carbocycles. The molecule has 5 nitrogen and oxygen atoms in total. The molecule has 7 heteroatoms. The smallest absolute Gasteiger partial charge is 0.265 e. The summed E-state index contributed by atoms with van der Waals surface area (Å²) in [6.07, 6.45) is 2.56. The molecule has 0 saturated heterocycles. The van der Waals surface area contributed by atoms with Gasteiger partial charge in [0, 0.05) is 12.4 Å². The second-order valence-corrected chi connectivity index (χ2v) is 5.17. The van der Waals surface area contributed by atoms with Crippen molar-refractivity contribution in [2.75, 3.05) is 6.61 Å². The molecule has 0 N–H and O–H groups in total. The van der Waals surface area contributed by atoms with Crippen LogP contribution in [0.2, 0.25) is 5.15 Å². The largest absolute Gasteiger partial charge is 0.317 e. The fourth-order valence-corrected chi connectivity index (χ4v) is 2.16. The molecule has 0 bridgehead atoms. The van der Waals surface area contributed by atoms with E-state index in [1.165, 1.54) is 12.4 Å². The van der Waals surface area contributed by atoms with Gasteiger partial charge in [-0.2, -0.15) is 8.42 Å². The second kappa shape index (κ2) is 4.87. The normalized spacial score (nSPS) is 12.0. The minimum atomic E-state index is -3.89. The van der Waals surface area contributed by atoms with Crippen LogP contribution in [0.4, 0.5) is 0 Å². The average molecular weight is 251 g/mol. The van der Waals surface area contributed by atoms with Crippen molar-refractivity contribution in [2.45, 2.75) is 18.9 Å². The molecule has 0 aliphatic heterocycles. The third kappa shape index (κ3) is 3.40. The Morgan fingerprint density at radius 3 is 2.53 bits per heavy atom. The van der Waals surface area contributed by atoms with Crippen LogP contribution in [-0.4, -0.2) is 25.0 Å². The van der Waals surface area contributed by atoms with Gasteiger partial charge in [-0.15, -0.1) is 0 Å². The Morgan fingerprint density at radius 2 is 2.00 bits per heavy atom. The first kappa shape index (κ1) is 12.4. The molecule has 0 fully saturated rings. The first-order valence-electron chi connectivity index (χ1n) is 4.29. The van der Waals surface area contributed by atoms with Gasteiger partial charge in [-0.25, -0.2) is 9.97 Å². The van der Waals surface area contributed by atoms with Crippen molar-refractivity contribution in [3.63, 3.8) is 0 Å². The summed E-state index contributed by atoms with van der Waals surface area (Å²) in [6.45, 7) is 3.77. The van der Waals surface area contributed by atoms with Crippen LogP contribution in [0, 0.1) is 5.92 Å². The van der Waals surface area contributed by atoms with Crippen LogP contribution < -0.4 is 0 Å². The van der Waals surface area contributed by atoms with Gasteiger partial charge in [-0.3, -0.25) is 4.18 Å². The van der Waals surface area contributed by atoms with Crippen molar-refractivity contribution in [1.82, 2.24) is 9.97 Å². The monoisotopic (exact) mass is 250 g/mol. The Balaban J connectivity index is 2.92. The molecule has 0 spiro atoms. The third-order valence-corrected chi connectivity index (χ3v) is 3.02. The molecule has 0 radical (unpaired) electrons. The molecule has 1 rings (SSSR count). The maximum absolute atomic E-state index is 11.5. The summed E-state index contributed by atoms with van der Waals surface area (Å²) in [7, 11) is -3.89. The highest BCUT2D eigenvalue weighted by Crippen LogP contribution is 2.17. The van der Waals surface area contributed by atoms with E-state index in [1.807, 2.05) is 13.8 Å². The van der Waals surface area contributed by atoms with Crippen LogP contribution in [0.25, 0.3) is 0 Å². The lowest BCUT2D eigenvalue weighted by molar-refractivity contribution is 0.274. The van der Waals surface area contributed by atoms with Crippen molar-refractivity contribution in [1.29, 1.82) is 0 Å². The molecule has 1 aromatic rings. The molecule has 0 atom stereocenters. The molecule has 0 unspecified atom stereocenters. The zero-order valence-corrected chi connectivity index (χ0v) is 9.92. The third-order valence-electron chi connectivity index (χ3n) is 1.42. The molecule has 0 aromatic carbocycles. The van der Waals surface area contributed by atoms with Gasteiger partial charge in [-0.1, -0.05) is 25.4 Å². The first-order valence-corrected chi connectivity index (χ1v) is 6.08. The van der Waals surface area contributed by atoms with E-state index < -0.39 is 10.1 Å². The minimum Gasteiger partial charge on any atom is -0.265 e. The summed E-state index contributed by atoms with van der Waals surface area (Å²) in [5, 5.41) is -0.520. The molecular formula is C8H11ClN2O3S. The van der Waals surface area contributed by atoms with E-state index in [4.69, 9.17) is 15.8 Å². The van der Waals surface area contributed by atoms with Gasteiger partial charge in [0.2, 0.25) is 5.03 Å². The van der Waals surface area contributed by atoms with E-state index in [0.29, 0.717) is 0 Å². The van der Waals surface area contributed by atoms with Gasteiger partial charge >= 0.3 is 10.1 Å². The summed E-state index contributed by atoms with van der Waals surface area (Å²) in [5.41, 5.74) is 0. The van der Waals surface area contributed by atoms with Gasteiger partial charge in [-0.05, 0) is 5.92 Å². The molecule has 15 heavy (non-hydrogen) atoms. The van der Waals surface area contributed by atoms with E-state index in [-0.39, 0.29) is 22.7 Å². The van der Waals surface area contributed by atoms with E-state index in [2.05, 4.69) is 9.97 Å². The Morgan fingerprint density at radius 1 is 1.40 bits per heavy atom. The first-order chi connectivity index (χ1) is 6.93. The number of hydrogen-bond acceptors (Lipinski definition) is 5. The summed E-state index contributed by atoms with van der Waals surface area (Å²) < 4.78 is 27.8. The van der Waals surface area contributed by atoms with Crippen LogP contribution in [-0.2, 0) is 14.3 Å². The van der Waals surface area contributed by atoms with Crippen LogP contribution in [0.3, 0.4) is 0 Å². The standard InChI is InChI=1S/C8H11ClN2O3S/c1-6(2)5-14-15(12,13)8-7(9)10-3-4-11-8/h3-4,6H,5H2,1-2H3. The Bertz CT molecular complexity index is 433. The summed E-state index contributed by atoms with van der Waals surface area (Å²) >= 11 is 5.59. The lowest BCUT2D eigenvalue weighted by Gasteiger charge is -2.07. The summed E-state index contributed by atoms with van der Waals surface area (Å²) in [4.78, 5) is 7.24. The van der Waals surface area contributed by atoms with Gasteiger partial charge in [0.05, 0.1) is 6.61 Å². The highest BCUT2D eigenvalue weighted by molar-refractivity contribution is 7.86. The number of aromatic nitrogens is 2. The van der Waals surface area contributed by atoms with Crippen molar-refractivity contribution in [2.24, 2.45) is 5.92 Å². The van der Waals surface area contributed by atoms with Crippen LogP contribution >= 0.6 is 11.6 Å². The summed E-state index contributed by atoms with van der Waals surface area (Å²) in [6, 6.07) is 0. The number of rotatable bonds is 4. The maximum atomic E-state index is 11.5.